The van der Waals surface area contributed by atoms with Gasteiger partial charge in [0, 0.05) is 32.7 Å². The van der Waals surface area contributed by atoms with E-state index in [0.29, 0.717) is 11.6 Å². The number of nitrogens with zero attached hydrogens (tertiary/aromatic N) is 1. The highest BCUT2D eigenvalue weighted by Crippen LogP contribution is 2.13. The van der Waals surface area contributed by atoms with Crippen LogP contribution in [0.4, 0.5) is 0 Å². The molecule has 2 aromatic rings. The van der Waals surface area contributed by atoms with E-state index in [4.69, 9.17) is 4.42 Å². The Morgan fingerprint density at radius 1 is 1.32 bits per heavy atom. The average molecular weight is 263 g/mol. The van der Waals surface area contributed by atoms with Crippen LogP contribution in [0.15, 0.2) is 27.4 Å². The van der Waals surface area contributed by atoms with Crippen molar-refractivity contribution >= 4 is 11.1 Å². The molecule has 5 heteroatoms. The highest BCUT2D eigenvalue weighted by atomic mass is 16.4. The molecule has 0 saturated carbocycles. The molecule has 2 rings (SSSR count). The molecule has 0 saturated heterocycles. The van der Waals surface area contributed by atoms with Crippen LogP contribution in [-0.2, 0) is 13.6 Å². The highest BCUT2D eigenvalue weighted by molar-refractivity contribution is 5.73. The van der Waals surface area contributed by atoms with E-state index in [1.165, 1.54) is 4.57 Å². The maximum atomic E-state index is 11.4. The first-order valence-electron chi connectivity index (χ1n) is 6.60. The van der Waals surface area contributed by atoms with Crippen LogP contribution >= 0.6 is 0 Å². The third-order valence-electron chi connectivity index (χ3n) is 3.04. The van der Waals surface area contributed by atoms with E-state index < -0.39 is 0 Å². The fourth-order valence-electron chi connectivity index (χ4n) is 1.96. The van der Waals surface area contributed by atoms with Crippen LogP contribution in [0.3, 0.4) is 0 Å². The average Bonchev–Trinajstić information content (AvgIpc) is 2.65. The standard InChI is InChI=1S/C14H21N3O2/c1-10(2)16-7-6-15-9-11-4-5-13-12(8-11)17(3)14(18)19-13/h4-5,8,10,15-16H,6-7,9H2,1-3H3. The summed E-state index contributed by atoms with van der Waals surface area (Å²) in [5, 5.41) is 6.72. The first-order valence-corrected chi connectivity index (χ1v) is 6.60. The molecule has 0 bridgehead atoms. The number of fused-ring (bicyclic) bond motifs is 1. The van der Waals surface area contributed by atoms with Gasteiger partial charge in [-0.25, -0.2) is 4.79 Å². The van der Waals surface area contributed by atoms with Crippen LogP contribution in [0.25, 0.3) is 11.1 Å². The second-order valence-corrected chi connectivity index (χ2v) is 5.01. The van der Waals surface area contributed by atoms with Crippen molar-refractivity contribution in [2.45, 2.75) is 26.4 Å². The van der Waals surface area contributed by atoms with Crippen molar-refractivity contribution in [1.29, 1.82) is 0 Å². The fraction of sp³-hybridized carbons (Fsp3) is 0.500. The molecule has 2 N–H and O–H groups in total. The van der Waals surface area contributed by atoms with Crippen molar-refractivity contribution in [2.24, 2.45) is 7.05 Å². The number of nitrogens with one attached hydrogen (secondary N) is 2. The Morgan fingerprint density at radius 2 is 2.11 bits per heavy atom. The molecule has 0 radical (unpaired) electrons. The summed E-state index contributed by atoms with van der Waals surface area (Å²) in [6.07, 6.45) is 0. The number of aromatic nitrogens is 1. The first kappa shape index (κ1) is 13.8. The van der Waals surface area contributed by atoms with Gasteiger partial charge in [-0.2, -0.15) is 0 Å². The van der Waals surface area contributed by atoms with Gasteiger partial charge in [0.2, 0.25) is 0 Å². The molecule has 0 unspecified atom stereocenters. The maximum Gasteiger partial charge on any atom is 0.419 e. The second-order valence-electron chi connectivity index (χ2n) is 5.01. The third-order valence-corrected chi connectivity index (χ3v) is 3.04. The zero-order valence-electron chi connectivity index (χ0n) is 11.7. The third kappa shape index (κ3) is 3.45. The van der Waals surface area contributed by atoms with Crippen molar-refractivity contribution in [3.05, 3.63) is 34.3 Å². The Bertz CT molecular complexity index is 598. The fourth-order valence-corrected chi connectivity index (χ4v) is 1.96. The molecule has 0 spiro atoms. The molecule has 1 heterocycles. The molecule has 104 valence electrons. The van der Waals surface area contributed by atoms with Gasteiger partial charge in [-0.15, -0.1) is 0 Å². The summed E-state index contributed by atoms with van der Waals surface area (Å²) in [6.45, 7) is 6.92. The van der Waals surface area contributed by atoms with E-state index in [-0.39, 0.29) is 5.76 Å². The molecule has 0 aliphatic heterocycles. The molecule has 0 aliphatic rings. The largest absolute Gasteiger partial charge is 0.419 e. The van der Waals surface area contributed by atoms with Crippen molar-refractivity contribution in [2.75, 3.05) is 13.1 Å². The highest BCUT2D eigenvalue weighted by Gasteiger charge is 2.05. The molecule has 5 nitrogen and oxygen atoms in total. The Labute approximate surface area is 112 Å². The van der Waals surface area contributed by atoms with Gasteiger partial charge in [-0.05, 0) is 17.7 Å². The lowest BCUT2D eigenvalue weighted by Gasteiger charge is -2.09. The zero-order chi connectivity index (χ0) is 13.8. The number of hydrogen-bond acceptors (Lipinski definition) is 4. The minimum absolute atomic E-state index is 0.318. The predicted molar refractivity (Wildman–Crippen MR) is 76.3 cm³/mol. The molecular formula is C14H21N3O2. The Balaban J connectivity index is 1.94. The zero-order valence-corrected chi connectivity index (χ0v) is 11.7. The molecule has 1 aromatic carbocycles. The van der Waals surface area contributed by atoms with Crippen molar-refractivity contribution in [1.82, 2.24) is 15.2 Å². The maximum absolute atomic E-state index is 11.4. The van der Waals surface area contributed by atoms with Crippen LogP contribution in [0, 0.1) is 0 Å². The summed E-state index contributed by atoms with van der Waals surface area (Å²) in [5.74, 6) is -0.318. The summed E-state index contributed by atoms with van der Waals surface area (Å²) in [4.78, 5) is 11.4. The molecule has 0 atom stereocenters. The van der Waals surface area contributed by atoms with E-state index >= 15 is 0 Å². The second kappa shape index (κ2) is 6.04. The lowest BCUT2D eigenvalue weighted by molar-refractivity contribution is 0.528. The van der Waals surface area contributed by atoms with Crippen molar-refractivity contribution < 1.29 is 4.42 Å². The van der Waals surface area contributed by atoms with Crippen molar-refractivity contribution in [3.63, 3.8) is 0 Å². The number of hydrogen-bond donors (Lipinski definition) is 2. The molecule has 1 aromatic heterocycles. The van der Waals surface area contributed by atoms with Gasteiger partial charge in [0.25, 0.3) is 0 Å². The summed E-state index contributed by atoms with van der Waals surface area (Å²) in [6, 6.07) is 6.33. The number of oxazole rings is 1. The molecule has 19 heavy (non-hydrogen) atoms. The van der Waals surface area contributed by atoms with Crippen LogP contribution in [0.2, 0.25) is 0 Å². The normalized spacial score (nSPS) is 11.6. The van der Waals surface area contributed by atoms with Gasteiger partial charge >= 0.3 is 5.76 Å². The van der Waals surface area contributed by atoms with Gasteiger partial charge in [-0.3, -0.25) is 4.57 Å². The first-order chi connectivity index (χ1) is 9.08. The molecule has 0 aliphatic carbocycles. The molecule has 0 fully saturated rings. The van der Waals surface area contributed by atoms with Crippen LogP contribution in [-0.4, -0.2) is 23.7 Å². The number of rotatable bonds is 6. The monoisotopic (exact) mass is 263 g/mol. The van der Waals surface area contributed by atoms with Crippen LogP contribution < -0.4 is 16.4 Å². The summed E-state index contributed by atoms with van der Waals surface area (Å²) < 4.78 is 6.63. The quantitative estimate of drug-likeness (QED) is 0.769. The molecule has 0 amide bonds. The minimum atomic E-state index is -0.318. The smallest absolute Gasteiger partial charge is 0.408 e. The van der Waals surface area contributed by atoms with Gasteiger partial charge in [-0.1, -0.05) is 19.9 Å². The van der Waals surface area contributed by atoms with Gasteiger partial charge < -0.3 is 15.1 Å². The van der Waals surface area contributed by atoms with E-state index in [1.807, 2.05) is 18.2 Å². The van der Waals surface area contributed by atoms with E-state index in [1.54, 1.807) is 7.05 Å². The van der Waals surface area contributed by atoms with Crippen molar-refractivity contribution in [3.8, 4) is 0 Å². The van der Waals surface area contributed by atoms with Gasteiger partial charge in [0.15, 0.2) is 5.58 Å². The Kier molecular flexibility index (Phi) is 4.39. The van der Waals surface area contributed by atoms with Crippen LogP contribution in [0.5, 0.6) is 0 Å². The Hall–Kier alpha value is -1.59. The van der Waals surface area contributed by atoms with Crippen LogP contribution in [0.1, 0.15) is 19.4 Å². The summed E-state index contributed by atoms with van der Waals surface area (Å²) in [5.41, 5.74) is 2.62. The SMILES string of the molecule is CC(C)NCCNCc1ccc2oc(=O)n(C)c2c1. The number of aryl methyl sites for hydroxylation is 1. The van der Waals surface area contributed by atoms with Gasteiger partial charge in [0.1, 0.15) is 0 Å². The topological polar surface area (TPSA) is 59.2 Å². The van der Waals surface area contributed by atoms with Gasteiger partial charge in [0.05, 0.1) is 5.52 Å². The van der Waals surface area contributed by atoms with E-state index in [0.717, 1.165) is 30.7 Å². The lowest BCUT2D eigenvalue weighted by atomic mass is 10.2. The van der Waals surface area contributed by atoms with E-state index in [2.05, 4.69) is 24.5 Å². The Morgan fingerprint density at radius 3 is 2.84 bits per heavy atom. The molecular weight excluding hydrogens is 242 g/mol. The minimum Gasteiger partial charge on any atom is -0.408 e. The summed E-state index contributed by atoms with van der Waals surface area (Å²) in [7, 11) is 1.72. The lowest BCUT2D eigenvalue weighted by Crippen LogP contribution is -2.31. The number of benzene rings is 1. The summed E-state index contributed by atoms with van der Waals surface area (Å²) >= 11 is 0. The predicted octanol–water partition coefficient (Wildman–Crippen LogP) is 1.22. The van der Waals surface area contributed by atoms with E-state index in [9.17, 15) is 4.79 Å².